The SMILES string of the molecule is Cc1cc(NC(=O)c2cnc(-c3ccccn3)nc2)cc2sc(N)nc12. The topological polar surface area (TPSA) is 107 Å². The van der Waals surface area contributed by atoms with Gasteiger partial charge < -0.3 is 11.1 Å². The van der Waals surface area contributed by atoms with E-state index < -0.39 is 0 Å². The molecule has 8 heteroatoms. The number of aromatic nitrogens is 4. The van der Waals surface area contributed by atoms with E-state index in [4.69, 9.17) is 5.73 Å². The summed E-state index contributed by atoms with van der Waals surface area (Å²) in [6, 6.07) is 9.21. The molecule has 4 rings (SSSR count). The molecule has 4 aromatic rings. The summed E-state index contributed by atoms with van der Waals surface area (Å²) >= 11 is 1.39. The highest BCUT2D eigenvalue weighted by molar-refractivity contribution is 7.22. The number of amides is 1. The average Bonchev–Trinajstić information content (AvgIpc) is 3.03. The van der Waals surface area contributed by atoms with E-state index in [0.29, 0.717) is 27.9 Å². The number of hydrogen-bond acceptors (Lipinski definition) is 7. The minimum atomic E-state index is -0.284. The van der Waals surface area contributed by atoms with Crippen molar-refractivity contribution in [2.45, 2.75) is 6.92 Å². The molecule has 3 N–H and O–H groups in total. The second kappa shape index (κ2) is 6.49. The van der Waals surface area contributed by atoms with Crippen LogP contribution in [0.5, 0.6) is 0 Å². The van der Waals surface area contributed by atoms with Gasteiger partial charge in [0.2, 0.25) is 0 Å². The summed E-state index contributed by atoms with van der Waals surface area (Å²) in [7, 11) is 0. The molecule has 0 saturated carbocycles. The highest BCUT2D eigenvalue weighted by Gasteiger charge is 2.12. The Morgan fingerprint density at radius 1 is 1.15 bits per heavy atom. The van der Waals surface area contributed by atoms with E-state index in [0.717, 1.165) is 15.8 Å². The molecule has 0 bridgehead atoms. The zero-order chi connectivity index (χ0) is 18.1. The number of rotatable bonds is 3. The first-order chi connectivity index (χ1) is 12.6. The van der Waals surface area contributed by atoms with Crippen LogP contribution in [-0.4, -0.2) is 25.8 Å². The fourth-order valence-corrected chi connectivity index (χ4v) is 3.41. The Balaban J connectivity index is 1.56. The number of fused-ring (bicyclic) bond motifs is 1. The van der Waals surface area contributed by atoms with Gasteiger partial charge >= 0.3 is 0 Å². The summed E-state index contributed by atoms with van der Waals surface area (Å²) in [5.74, 6) is 0.188. The van der Waals surface area contributed by atoms with E-state index in [2.05, 4.69) is 25.3 Å². The van der Waals surface area contributed by atoms with Crippen LogP contribution in [0.15, 0.2) is 48.9 Å². The van der Waals surface area contributed by atoms with E-state index in [9.17, 15) is 4.79 Å². The number of hydrogen-bond donors (Lipinski definition) is 2. The second-order valence-corrected chi connectivity index (χ2v) is 6.72. The molecule has 128 valence electrons. The van der Waals surface area contributed by atoms with Crippen LogP contribution >= 0.6 is 11.3 Å². The summed E-state index contributed by atoms with van der Waals surface area (Å²) in [6.45, 7) is 1.93. The smallest absolute Gasteiger partial charge is 0.258 e. The van der Waals surface area contributed by atoms with E-state index in [1.54, 1.807) is 6.20 Å². The van der Waals surface area contributed by atoms with Crippen LogP contribution in [0.3, 0.4) is 0 Å². The van der Waals surface area contributed by atoms with Crippen molar-refractivity contribution in [2.75, 3.05) is 11.1 Å². The highest BCUT2D eigenvalue weighted by atomic mass is 32.1. The minimum Gasteiger partial charge on any atom is -0.375 e. The molecule has 0 spiro atoms. The number of nitrogens with zero attached hydrogens (tertiary/aromatic N) is 4. The maximum absolute atomic E-state index is 12.5. The molecule has 0 radical (unpaired) electrons. The number of carbonyl (C=O) groups is 1. The lowest BCUT2D eigenvalue weighted by Crippen LogP contribution is -2.13. The largest absolute Gasteiger partial charge is 0.375 e. The van der Waals surface area contributed by atoms with Gasteiger partial charge in [0.25, 0.3) is 5.91 Å². The van der Waals surface area contributed by atoms with Gasteiger partial charge in [0.05, 0.1) is 15.8 Å². The van der Waals surface area contributed by atoms with Crippen molar-refractivity contribution in [1.82, 2.24) is 19.9 Å². The first-order valence-corrected chi connectivity index (χ1v) is 8.63. The van der Waals surface area contributed by atoms with Crippen LogP contribution in [0.2, 0.25) is 0 Å². The molecule has 0 unspecified atom stereocenters. The van der Waals surface area contributed by atoms with Gasteiger partial charge in [-0.15, -0.1) is 0 Å². The van der Waals surface area contributed by atoms with Gasteiger partial charge in [-0.2, -0.15) is 0 Å². The summed E-state index contributed by atoms with van der Waals surface area (Å²) in [5, 5.41) is 3.37. The van der Waals surface area contributed by atoms with Gasteiger partial charge in [0.15, 0.2) is 11.0 Å². The van der Waals surface area contributed by atoms with Gasteiger partial charge in [-0.25, -0.2) is 15.0 Å². The van der Waals surface area contributed by atoms with Gasteiger partial charge in [-0.1, -0.05) is 17.4 Å². The maximum Gasteiger partial charge on any atom is 0.258 e. The number of pyridine rings is 1. The number of nitrogens with one attached hydrogen (secondary N) is 1. The lowest BCUT2D eigenvalue weighted by Gasteiger charge is -2.07. The first-order valence-electron chi connectivity index (χ1n) is 7.81. The van der Waals surface area contributed by atoms with Gasteiger partial charge in [-0.05, 0) is 36.8 Å². The van der Waals surface area contributed by atoms with Crippen molar-refractivity contribution in [3.8, 4) is 11.5 Å². The van der Waals surface area contributed by atoms with Crippen LogP contribution in [0, 0.1) is 6.92 Å². The molecule has 0 aliphatic carbocycles. The number of nitrogens with two attached hydrogens (primary N) is 1. The first kappa shape index (κ1) is 16.1. The van der Waals surface area contributed by atoms with Gasteiger partial charge in [0, 0.05) is 24.3 Å². The number of carbonyl (C=O) groups excluding carboxylic acids is 1. The van der Waals surface area contributed by atoms with E-state index in [1.165, 1.54) is 23.7 Å². The predicted octanol–water partition coefficient (Wildman–Crippen LogP) is 3.29. The zero-order valence-electron chi connectivity index (χ0n) is 13.8. The molecule has 3 aromatic heterocycles. The standard InChI is InChI=1S/C18H14N6OS/c1-10-6-12(7-14-15(10)24-18(19)26-14)23-17(25)11-8-21-16(22-9-11)13-4-2-3-5-20-13/h2-9H,1H3,(H2,19,24)(H,23,25). The monoisotopic (exact) mass is 362 g/mol. The third kappa shape index (κ3) is 3.09. The molecule has 0 atom stereocenters. The molecule has 1 amide bonds. The molecule has 7 nitrogen and oxygen atoms in total. The molecule has 1 aromatic carbocycles. The molecule has 0 saturated heterocycles. The summed E-state index contributed by atoms with van der Waals surface area (Å²) in [6.07, 6.45) is 4.65. The Bertz CT molecular complexity index is 1090. The minimum absolute atomic E-state index is 0.284. The number of benzene rings is 1. The fourth-order valence-electron chi connectivity index (χ4n) is 2.56. The van der Waals surface area contributed by atoms with Gasteiger partial charge in [-0.3, -0.25) is 9.78 Å². The normalized spacial score (nSPS) is 10.8. The van der Waals surface area contributed by atoms with Crippen LogP contribution < -0.4 is 11.1 Å². The molecule has 0 fully saturated rings. The van der Waals surface area contributed by atoms with E-state index in [-0.39, 0.29) is 5.91 Å². The van der Waals surface area contributed by atoms with E-state index in [1.807, 2.05) is 37.3 Å². The van der Waals surface area contributed by atoms with E-state index >= 15 is 0 Å². The third-order valence-corrected chi connectivity index (χ3v) is 4.60. The number of anilines is 2. The van der Waals surface area contributed by atoms with Crippen molar-refractivity contribution < 1.29 is 4.79 Å². The lowest BCUT2D eigenvalue weighted by atomic mass is 10.2. The lowest BCUT2D eigenvalue weighted by molar-refractivity contribution is 0.102. The Kier molecular flexibility index (Phi) is 4.02. The molecular weight excluding hydrogens is 348 g/mol. The Hall–Kier alpha value is -3.39. The number of nitrogen functional groups attached to an aromatic ring is 1. The maximum atomic E-state index is 12.5. The molecular formula is C18H14N6OS. The Morgan fingerprint density at radius 3 is 2.69 bits per heavy atom. The molecule has 0 aliphatic rings. The second-order valence-electron chi connectivity index (χ2n) is 5.66. The summed E-state index contributed by atoms with van der Waals surface area (Å²) < 4.78 is 0.930. The third-order valence-electron chi connectivity index (χ3n) is 3.77. The van der Waals surface area contributed by atoms with Crippen molar-refractivity contribution in [1.29, 1.82) is 0 Å². The Morgan fingerprint density at radius 2 is 1.96 bits per heavy atom. The van der Waals surface area contributed by atoms with Crippen molar-refractivity contribution in [2.24, 2.45) is 0 Å². The fraction of sp³-hybridized carbons (Fsp3) is 0.0556. The van der Waals surface area contributed by atoms with Crippen LogP contribution in [0.4, 0.5) is 10.8 Å². The molecule has 3 heterocycles. The van der Waals surface area contributed by atoms with Gasteiger partial charge in [0.1, 0.15) is 5.69 Å². The van der Waals surface area contributed by atoms with Crippen molar-refractivity contribution >= 4 is 38.3 Å². The highest BCUT2D eigenvalue weighted by Crippen LogP contribution is 2.29. The molecule has 0 aliphatic heterocycles. The molecule has 26 heavy (non-hydrogen) atoms. The van der Waals surface area contributed by atoms with Crippen molar-refractivity contribution in [3.05, 3.63) is 60.0 Å². The summed E-state index contributed by atoms with van der Waals surface area (Å²) in [4.78, 5) is 29.4. The zero-order valence-corrected chi connectivity index (χ0v) is 14.6. The number of thiazole rings is 1. The van der Waals surface area contributed by atoms with Crippen LogP contribution in [0.1, 0.15) is 15.9 Å². The Labute approximate surface area is 153 Å². The van der Waals surface area contributed by atoms with Crippen LogP contribution in [0.25, 0.3) is 21.7 Å². The number of aryl methyl sites for hydroxylation is 1. The quantitative estimate of drug-likeness (QED) is 0.579. The predicted molar refractivity (Wildman–Crippen MR) is 102 cm³/mol. The van der Waals surface area contributed by atoms with Crippen LogP contribution in [-0.2, 0) is 0 Å². The average molecular weight is 362 g/mol. The summed E-state index contributed by atoms with van der Waals surface area (Å²) in [5.41, 5.74) is 9.27. The van der Waals surface area contributed by atoms with Crippen molar-refractivity contribution in [3.63, 3.8) is 0 Å².